The first-order valence-corrected chi connectivity index (χ1v) is 6.41. The summed E-state index contributed by atoms with van der Waals surface area (Å²) in [4.78, 5) is 0. The molecule has 2 nitrogen and oxygen atoms in total. The summed E-state index contributed by atoms with van der Waals surface area (Å²) in [6.45, 7) is 1.91. The molecule has 2 aromatic carbocycles. The highest BCUT2D eigenvalue weighted by Crippen LogP contribution is 2.30. The van der Waals surface area contributed by atoms with Crippen molar-refractivity contribution in [2.24, 2.45) is 0 Å². The Labute approximate surface area is 119 Å². The van der Waals surface area contributed by atoms with Crippen LogP contribution < -0.4 is 4.74 Å². The van der Waals surface area contributed by atoms with Crippen LogP contribution in [-0.2, 0) is 0 Å². The molecule has 0 bridgehead atoms. The molecule has 2 aromatic rings. The Morgan fingerprint density at radius 3 is 2.56 bits per heavy atom. The van der Waals surface area contributed by atoms with Crippen LogP contribution in [0.2, 0.25) is 5.02 Å². The minimum atomic E-state index is 0.485. The van der Waals surface area contributed by atoms with Crippen LogP contribution in [0.15, 0.2) is 40.9 Å². The summed E-state index contributed by atoms with van der Waals surface area (Å²) >= 11 is 9.21. The molecular weight excluding hydrogens is 314 g/mol. The third kappa shape index (κ3) is 2.84. The molecule has 0 fully saturated rings. The standard InChI is InChI=1S/C14H9BrClNO/c1-9-6-12(16)3-5-13(9)18-14-4-2-11(15)7-10(14)8-17/h2-7H,1H3. The molecule has 0 radical (unpaired) electrons. The average molecular weight is 323 g/mol. The number of halogens is 2. The van der Waals surface area contributed by atoms with Crippen molar-refractivity contribution in [2.45, 2.75) is 6.92 Å². The predicted octanol–water partition coefficient (Wildman–Crippen LogP) is 5.07. The summed E-state index contributed by atoms with van der Waals surface area (Å²) in [5.41, 5.74) is 1.41. The van der Waals surface area contributed by atoms with Gasteiger partial charge in [-0.2, -0.15) is 5.26 Å². The first kappa shape index (κ1) is 12.9. The highest BCUT2D eigenvalue weighted by atomic mass is 79.9. The minimum absolute atomic E-state index is 0.485. The summed E-state index contributed by atoms with van der Waals surface area (Å²) in [5.74, 6) is 1.23. The lowest BCUT2D eigenvalue weighted by Gasteiger charge is -2.10. The van der Waals surface area contributed by atoms with E-state index in [0.717, 1.165) is 10.0 Å². The van der Waals surface area contributed by atoms with Gasteiger partial charge >= 0.3 is 0 Å². The fraction of sp³-hybridized carbons (Fsp3) is 0.0714. The monoisotopic (exact) mass is 321 g/mol. The van der Waals surface area contributed by atoms with Gasteiger partial charge in [0.25, 0.3) is 0 Å². The van der Waals surface area contributed by atoms with Crippen LogP contribution in [0.1, 0.15) is 11.1 Å². The van der Waals surface area contributed by atoms with Gasteiger partial charge in [-0.1, -0.05) is 27.5 Å². The van der Waals surface area contributed by atoms with Crippen molar-refractivity contribution < 1.29 is 4.74 Å². The van der Waals surface area contributed by atoms with Crippen LogP contribution in [0, 0.1) is 18.3 Å². The van der Waals surface area contributed by atoms with Crippen molar-refractivity contribution in [2.75, 3.05) is 0 Å². The van der Waals surface area contributed by atoms with E-state index in [0.29, 0.717) is 22.1 Å². The molecule has 0 aliphatic carbocycles. The Morgan fingerprint density at radius 2 is 1.89 bits per heavy atom. The fourth-order valence-electron chi connectivity index (χ4n) is 1.52. The Kier molecular flexibility index (Phi) is 3.90. The van der Waals surface area contributed by atoms with Gasteiger partial charge in [-0.3, -0.25) is 0 Å². The van der Waals surface area contributed by atoms with Crippen LogP contribution in [0.3, 0.4) is 0 Å². The van der Waals surface area contributed by atoms with Gasteiger partial charge in [0.2, 0.25) is 0 Å². The third-order valence-corrected chi connectivity index (χ3v) is 3.15. The van der Waals surface area contributed by atoms with Crippen molar-refractivity contribution in [1.82, 2.24) is 0 Å². The predicted molar refractivity (Wildman–Crippen MR) is 75.1 cm³/mol. The van der Waals surface area contributed by atoms with E-state index in [1.54, 1.807) is 24.3 Å². The van der Waals surface area contributed by atoms with Gasteiger partial charge in [0.15, 0.2) is 0 Å². The molecule has 0 saturated carbocycles. The fourth-order valence-corrected chi connectivity index (χ4v) is 2.11. The molecule has 0 aliphatic rings. The van der Waals surface area contributed by atoms with E-state index in [1.807, 2.05) is 19.1 Å². The molecule has 2 rings (SSSR count). The Bertz CT molecular complexity index is 634. The van der Waals surface area contributed by atoms with Gasteiger partial charge in [0.05, 0.1) is 5.56 Å². The molecule has 0 aromatic heterocycles. The van der Waals surface area contributed by atoms with E-state index in [9.17, 15) is 0 Å². The molecule has 0 N–H and O–H groups in total. The summed E-state index contributed by atoms with van der Waals surface area (Å²) < 4.78 is 6.59. The Balaban J connectivity index is 2.37. The molecule has 90 valence electrons. The van der Waals surface area contributed by atoms with Gasteiger partial charge in [-0.05, 0) is 48.9 Å². The Morgan fingerprint density at radius 1 is 1.17 bits per heavy atom. The number of rotatable bonds is 2. The lowest BCUT2D eigenvalue weighted by molar-refractivity contribution is 0.477. The summed E-state index contributed by atoms with van der Waals surface area (Å²) in [6.07, 6.45) is 0. The number of nitrogens with zero attached hydrogens (tertiary/aromatic N) is 1. The maximum absolute atomic E-state index is 9.06. The maximum atomic E-state index is 9.06. The van der Waals surface area contributed by atoms with E-state index < -0.39 is 0 Å². The molecule has 0 heterocycles. The van der Waals surface area contributed by atoms with Crippen molar-refractivity contribution >= 4 is 27.5 Å². The molecule has 0 spiro atoms. The highest BCUT2D eigenvalue weighted by Gasteiger charge is 2.07. The zero-order valence-corrected chi connectivity index (χ0v) is 11.9. The van der Waals surface area contributed by atoms with E-state index >= 15 is 0 Å². The maximum Gasteiger partial charge on any atom is 0.145 e. The van der Waals surface area contributed by atoms with Crippen molar-refractivity contribution in [3.63, 3.8) is 0 Å². The smallest absolute Gasteiger partial charge is 0.145 e. The molecule has 0 saturated heterocycles. The van der Waals surface area contributed by atoms with Gasteiger partial charge in [0.1, 0.15) is 17.6 Å². The van der Waals surface area contributed by atoms with E-state index in [-0.39, 0.29) is 0 Å². The molecule has 0 unspecified atom stereocenters. The SMILES string of the molecule is Cc1cc(Cl)ccc1Oc1ccc(Br)cc1C#N. The number of hydrogen-bond acceptors (Lipinski definition) is 2. The molecule has 0 amide bonds. The molecular formula is C14H9BrClNO. The largest absolute Gasteiger partial charge is 0.456 e. The van der Waals surface area contributed by atoms with Gasteiger partial charge < -0.3 is 4.74 Å². The number of hydrogen-bond donors (Lipinski definition) is 0. The second kappa shape index (κ2) is 5.43. The van der Waals surface area contributed by atoms with Gasteiger partial charge in [-0.15, -0.1) is 0 Å². The number of ether oxygens (including phenoxy) is 1. The zero-order chi connectivity index (χ0) is 13.1. The summed E-state index contributed by atoms with van der Waals surface area (Å²) in [7, 11) is 0. The first-order chi connectivity index (χ1) is 8.60. The lowest BCUT2D eigenvalue weighted by atomic mass is 10.2. The third-order valence-electron chi connectivity index (χ3n) is 2.42. The van der Waals surface area contributed by atoms with Crippen LogP contribution in [-0.4, -0.2) is 0 Å². The van der Waals surface area contributed by atoms with Crippen molar-refractivity contribution in [1.29, 1.82) is 5.26 Å². The number of benzene rings is 2. The van der Waals surface area contributed by atoms with Crippen LogP contribution in [0.25, 0.3) is 0 Å². The quantitative estimate of drug-likeness (QED) is 0.773. The van der Waals surface area contributed by atoms with Crippen LogP contribution >= 0.6 is 27.5 Å². The molecule has 4 heteroatoms. The van der Waals surface area contributed by atoms with Gasteiger partial charge in [0, 0.05) is 9.50 Å². The summed E-state index contributed by atoms with van der Waals surface area (Å²) in [5, 5.41) is 9.73. The number of nitriles is 1. The lowest BCUT2D eigenvalue weighted by Crippen LogP contribution is -1.90. The topological polar surface area (TPSA) is 33.0 Å². The molecule has 18 heavy (non-hydrogen) atoms. The second-order valence-electron chi connectivity index (χ2n) is 3.76. The number of aryl methyl sites for hydroxylation is 1. The first-order valence-electron chi connectivity index (χ1n) is 5.24. The van der Waals surface area contributed by atoms with Crippen molar-refractivity contribution in [3.05, 3.63) is 57.0 Å². The van der Waals surface area contributed by atoms with E-state index in [1.165, 1.54) is 0 Å². The zero-order valence-electron chi connectivity index (χ0n) is 9.58. The highest BCUT2D eigenvalue weighted by molar-refractivity contribution is 9.10. The average Bonchev–Trinajstić information content (AvgIpc) is 2.34. The van der Waals surface area contributed by atoms with E-state index in [2.05, 4.69) is 22.0 Å². The second-order valence-corrected chi connectivity index (χ2v) is 5.12. The Hall–Kier alpha value is -1.50. The molecule has 0 aliphatic heterocycles. The van der Waals surface area contributed by atoms with Crippen molar-refractivity contribution in [3.8, 4) is 17.6 Å². The molecule has 0 atom stereocenters. The van der Waals surface area contributed by atoms with Gasteiger partial charge in [-0.25, -0.2) is 0 Å². The minimum Gasteiger partial charge on any atom is -0.456 e. The van der Waals surface area contributed by atoms with E-state index in [4.69, 9.17) is 21.6 Å². The van der Waals surface area contributed by atoms with Crippen LogP contribution in [0.5, 0.6) is 11.5 Å². The normalized spacial score (nSPS) is 9.89. The summed E-state index contributed by atoms with van der Waals surface area (Å²) in [6, 6.07) is 12.8. The van der Waals surface area contributed by atoms with Crippen LogP contribution in [0.4, 0.5) is 0 Å².